The van der Waals surface area contributed by atoms with Crippen LogP contribution in [-0.4, -0.2) is 22.2 Å². The average Bonchev–Trinajstić information content (AvgIpc) is 2.57. The van der Waals surface area contributed by atoms with Crippen LogP contribution in [0.4, 0.5) is 13.2 Å². The van der Waals surface area contributed by atoms with Gasteiger partial charge in [-0.2, -0.15) is 5.10 Å². The third-order valence-corrected chi connectivity index (χ3v) is 3.48. The van der Waals surface area contributed by atoms with Gasteiger partial charge in [0.15, 0.2) is 11.6 Å². The summed E-state index contributed by atoms with van der Waals surface area (Å²) in [6.07, 6.45) is 1.13. The summed E-state index contributed by atoms with van der Waals surface area (Å²) < 4.78 is 39.6. The van der Waals surface area contributed by atoms with Crippen LogP contribution in [0.3, 0.4) is 0 Å². The topological polar surface area (TPSA) is 94.5 Å². The lowest BCUT2D eigenvalue weighted by atomic mass is 10.1. The standard InChI is InChI=1S/C17H10F3N3O3/c18-9-3-1-2-8(4-9)7-21-23-17(26)14-15(24)10-5-11(19)12(20)6-13(10)22-16(14)25/h1-7H,(H,23,26)(H2,22,24,25). The van der Waals surface area contributed by atoms with Gasteiger partial charge in [-0.3, -0.25) is 9.59 Å². The molecule has 1 aromatic heterocycles. The van der Waals surface area contributed by atoms with E-state index >= 15 is 0 Å². The molecular formula is C17H10F3N3O3. The van der Waals surface area contributed by atoms with E-state index in [1.165, 1.54) is 18.2 Å². The molecule has 0 bridgehead atoms. The van der Waals surface area contributed by atoms with Crippen LogP contribution in [0.2, 0.25) is 0 Å². The lowest BCUT2D eigenvalue weighted by Gasteiger charge is -2.07. The van der Waals surface area contributed by atoms with E-state index in [9.17, 15) is 27.9 Å². The van der Waals surface area contributed by atoms with E-state index in [2.05, 4.69) is 10.1 Å². The molecule has 0 radical (unpaired) electrons. The minimum Gasteiger partial charge on any atom is -0.506 e. The van der Waals surface area contributed by atoms with E-state index in [4.69, 9.17) is 0 Å². The van der Waals surface area contributed by atoms with E-state index in [-0.39, 0.29) is 10.9 Å². The number of nitrogens with zero attached hydrogens (tertiary/aromatic N) is 1. The Morgan fingerprint density at radius 2 is 1.88 bits per heavy atom. The van der Waals surface area contributed by atoms with Crippen molar-refractivity contribution in [2.75, 3.05) is 0 Å². The zero-order chi connectivity index (χ0) is 18.8. The van der Waals surface area contributed by atoms with Crippen molar-refractivity contribution in [3.63, 3.8) is 0 Å². The highest BCUT2D eigenvalue weighted by molar-refractivity contribution is 6.02. The molecule has 0 aliphatic heterocycles. The number of fused-ring (bicyclic) bond motifs is 1. The molecule has 9 heteroatoms. The minimum absolute atomic E-state index is 0.175. The van der Waals surface area contributed by atoms with Crippen molar-refractivity contribution >= 4 is 23.0 Å². The molecule has 3 rings (SSSR count). The number of aromatic nitrogens is 1. The van der Waals surface area contributed by atoms with Gasteiger partial charge in [0.25, 0.3) is 11.5 Å². The van der Waals surface area contributed by atoms with Gasteiger partial charge in [-0.25, -0.2) is 18.6 Å². The maximum atomic E-state index is 13.4. The summed E-state index contributed by atoms with van der Waals surface area (Å²) in [5.74, 6) is -4.87. The van der Waals surface area contributed by atoms with Crippen molar-refractivity contribution in [2.45, 2.75) is 0 Å². The number of pyridine rings is 1. The molecule has 0 saturated heterocycles. The number of H-pyrrole nitrogens is 1. The van der Waals surface area contributed by atoms with E-state index in [0.29, 0.717) is 17.7 Å². The number of hydrogen-bond acceptors (Lipinski definition) is 4. The summed E-state index contributed by atoms with van der Waals surface area (Å²) in [6, 6.07) is 6.69. The van der Waals surface area contributed by atoms with Crippen molar-refractivity contribution < 1.29 is 23.1 Å². The van der Waals surface area contributed by atoms with Gasteiger partial charge in [-0.1, -0.05) is 12.1 Å². The van der Waals surface area contributed by atoms with Crippen molar-refractivity contribution in [1.29, 1.82) is 0 Å². The van der Waals surface area contributed by atoms with Crippen LogP contribution in [0.25, 0.3) is 10.9 Å². The monoisotopic (exact) mass is 361 g/mol. The van der Waals surface area contributed by atoms with Gasteiger partial charge >= 0.3 is 0 Å². The summed E-state index contributed by atoms with van der Waals surface area (Å²) in [5, 5.41) is 13.4. The highest BCUT2D eigenvalue weighted by Crippen LogP contribution is 2.26. The number of carbonyl (C=O) groups is 1. The van der Waals surface area contributed by atoms with Gasteiger partial charge in [0.05, 0.1) is 11.7 Å². The molecule has 0 saturated carbocycles. The minimum atomic E-state index is -1.25. The van der Waals surface area contributed by atoms with Gasteiger partial charge in [-0.05, 0) is 23.8 Å². The van der Waals surface area contributed by atoms with Gasteiger partial charge in [0.1, 0.15) is 17.1 Å². The number of amides is 1. The number of halogens is 3. The largest absolute Gasteiger partial charge is 0.506 e. The SMILES string of the molecule is O=C(NN=Cc1cccc(F)c1)c1c(O)c2cc(F)c(F)cc2[nH]c1=O. The maximum absolute atomic E-state index is 13.4. The quantitative estimate of drug-likeness (QED) is 0.494. The number of hydrazone groups is 1. The highest BCUT2D eigenvalue weighted by atomic mass is 19.2. The normalized spacial score (nSPS) is 11.2. The van der Waals surface area contributed by atoms with E-state index in [0.717, 1.165) is 12.3 Å². The molecule has 6 nitrogen and oxygen atoms in total. The Balaban J connectivity index is 1.93. The van der Waals surface area contributed by atoms with Gasteiger partial charge in [-0.15, -0.1) is 0 Å². The highest BCUT2D eigenvalue weighted by Gasteiger charge is 2.20. The first kappa shape index (κ1) is 17.2. The lowest BCUT2D eigenvalue weighted by Crippen LogP contribution is -2.26. The molecule has 1 heterocycles. The number of nitrogens with one attached hydrogen (secondary N) is 2. The maximum Gasteiger partial charge on any atom is 0.280 e. The summed E-state index contributed by atoms with van der Waals surface area (Å²) in [7, 11) is 0. The third-order valence-electron chi connectivity index (χ3n) is 3.48. The smallest absolute Gasteiger partial charge is 0.280 e. The molecule has 0 aliphatic carbocycles. The Labute approximate surface area is 143 Å². The first-order valence-corrected chi connectivity index (χ1v) is 7.20. The molecule has 0 atom stereocenters. The molecule has 26 heavy (non-hydrogen) atoms. The predicted octanol–water partition coefficient (Wildman–Crippen LogP) is 2.41. The Morgan fingerprint density at radius 1 is 1.15 bits per heavy atom. The van der Waals surface area contributed by atoms with Gasteiger partial charge in [0, 0.05) is 11.5 Å². The summed E-state index contributed by atoms with van der Waals surface area (Å²) >= 11 is 0. The van der Waals surface area contributed by atoms with Gasteiger partial charge < -0.3 is 10.1 Å². The van der Waals surface area contributed by atoms with E-state index in [1.54, 1.807) is 0 Å². The van der Waals surface area contributed by atoms with Crippen LogP contribution in [0.1, 0.15) is 15.9 Å². The Kier molecular flexibility index (Phi) is 4.44. The zero-order valence-electron chi connectivity index (χ0n) is 12.9. The summed E-state index contributed by atoms with van der Waals surface area (Å²) in [6.45, 7) is 0. The second kappa shape index (κ2) is 6.71. The number of rotatable bonds is 3. The third kappa shape index (κ3) is 3.27. The Bertz CT molecular complexity index is 1110. The van der Waals surface area contributed by atoms with Crippen LogP contribution < -0.4 is 11.0 Å². The molecular weight excluding hydrogens is 351 g/mol. The van der Waals surface area contributed by atoms with Crippen molar-refractivity contribution in [3.8, 4) is 5.75 Å². The van der Waals surface area contributed by atoms with E-state index in [1.807, 2.05) is 5.43 Å². The molecule has 0 aliphatic rings. The summed E-state index contributed by atoms with van der Waals surface area (Å²) in [5.41, 5.74) is 0.435. The number of aromatic hydroxyl groups is 1. The fourth-order valence-corrected chi connectivity index (χ4v) is 2.29. The number of benzene rings is 2. The number of carbonyl (C=O) groups excluding carboxylic acids is 1. The predicted molar refractivity (Wildman–Crippen MR) is 87.6 cm³/mol. The van der Waals surface area contributed by atoms with Crippen LogP contribution in [0.5, 0.6) is 5.75 Å². The van der Waals surface area contributed by atoms with Crippen LogP contribution >= 0.6 is 0 Å². The Morgan fingerprint density at radius 3 is 2.62 bits per heavy atom. The number of aromatic amines is 1. The first-order valence-electron chi connectivity index (χ1n) is 7.20. The summed E-state index contributed by atoms with van der Waals surface area (Å²) in [4.78, 5) is 26.2. The molecule has 132 valence electrons. The molecule has 1 amide bonds. The molecule has 2 aromatic carbocycles. The molecule has 3 aromatic rings. The van der Waals surface area contributed by atoms with Crippen molar-refractivity contribution in [2.24, 2.45) is 5.10 Å². The zero-order valence-corrected chi connectivity index (χ0v) is 12.9. The van der Waals surface area contributed by atoms with Crippen LogP contribution in [0, 0.1) is 17.5 Å². The second-order valence-corrected chi connectivity index (χ2v) is 5.24. The Hall–Kier alpha value is -3.62. The van der Waals surface area contributed by atoms with Crippen molar-refractivity contribution in [3.05, 3.63) is 75.3 Å². The van der Waals surface area contributed by atoms with Crippen LogP contribution in [-0.2, 0) is 0 Å². The fraction of sp³-hybridized carbons (Fsp3) is 0. The molecule has 3 N–H and O–H groups in total. The molecule has 0 unspecified atom stereocenters. The lowest BCUT2D eigenvalue weighted by molar-refractivity contribution is 0.0951. The average molecular weight is 361 g/mol. The fourth-order valence-electron chi connectivity index (χ4n) is 2.29. The molecule has 0 spiro atoms. The second-order valence-electron chi connectivity index (χ2n) is 5.24. The molecule has 0 fully saturated rings. The van der Waals surface area contributed by atoms with E-state index < -0.39 is 40.2 Å². The van der Waals surface area contributed by atoms with Crippen LogP contribution in [0.15, 0.2) is 46.3 Å². The van der Waals surface area contributed by atoms with Crippen molar-refractivity contribution in [1.82, 2.24) is 10.4 Å². The van der Waals surface area contributed by atoms with Gasteiger partial charge in [0.2, 0.25) is 0 Å². The number of hydrogen-bond donors (Lipinski definition) is 3. The first-order chi connectivity index (χ1) is 12.4.